The molecule has 0 saturated heterocycles. The van der Waals surface area contributed by atoms with Crippen molar-refractivity contribution in [1.82, 2.24) is 0 Å². The predicted molar refractivity (Wildman–Crippen MR) is 60.9 cm³/mol. The molecule has 0 unspecified atom stereocenters. The SMILES string of the molecule is CCC(=O)c1cc2c(Cl)cc(Cl)cc2o1. The van der Waals surface area contributed by atoms with Crippen LogP contribution in [0.3, 0.4) is 0 Å². The molecule has 0 atom stereocenters. The van der Waals surface area contributed by atoms with Crippen LogP contribution in [0.25, 0.3) is 11.0 Å². The van der Waals surface area contributed by atoms with Crippen LogP contribution in [0, 0.1) is 0 Å². The second-order valence-electron chi connectivity index (χ2n) is 3.19. The van der Waals surface area contributed by atoms with E-state index < -0.39 is 0 Å². The van der Waals surface area contributed by atoms with Crippen LogP contribution in [0.15, 0.2) is 22.6 Å². The van der Waals surface area contributed by atoms with Gasteiger partial charge in [-0.3, -0.25) is 4.79 Å². The third kappa shape index (κ3) is 1.87. The van der Waals surface area contributed by atoms with Gasteiger partial charge in [0.2, 0.25) is 0 Å². The molecular weight excluding hydrogens is 235 g/mol. The lowest BCUT2D eigenvalue weighted by Crippen LogP contribution is -1.92. The van der Waals surface area contributed by atoms with Gasteiger partial charge in [0.1, 0.15) is 5.58 Å². The van der Waals surface area contributed by atoms with E-state index in [2.05, 4.69) is 0 Å². The minimum Gasteiger partial charge on any atom is -0.453 e. The Hall–Kier alpha value is -0.990. The van der Waals surface area contributed by atoms with E-state index in [1.165, 1.54) is 0 Å². The number of rotatable bonds is 2. The average molecular weight is 243 g/mol. The zero-order valence-electron chi connectivity index (χ0n) is 8.01. The smallest absolute Gasteiger partial charge is 0.197 e. The Balaban J connectivity index is 2.65. The number of ketones is 1. The summed E-state index contributed by atoms with van der Waals surface area (Å²) in [4.78, 5) is 11.4. The van der Waals surface area contributed by atoms with Gasteiger partial charge in [-0.05, 0) is 12.1 Å². The van der Waals surface area contributed by atoms with Crippen molar-refractivity contribution < 1.29 is 9.21 Å². The number of hydrogen-bond donors (Lipinski definition) is 0. The standard InChI is InChI=1S/C11H8Cl2O2/c1-2-9(14)11-5-7-8(13)3-6(12)4-10(7)15-11/h3-5H,2H2,1H3. The predicted octanol–water partition coefficient (Wildman–Crippen LogP) is 4.33. The lowest BCUT2D eigenvalue weighted by molar-refractivity contribution is 0.0963. The van der Waals surface area contributed by atoms with E-state index in [1.807, 2.05) is 0 Å². The van der Waals surface area contributed by atoms with Gasteiger partial charge in [-0.25, -0.2) is 0 Å². The fraction of sp³-hybridized carbons (Fsp3) is 0.182. The molecule has 2 rings (SSSR count). The summed E-state index contributed by atoms with van der Waals surface area (Å²) in [6.45, 7) is 1.78. The summed E-state index contributed by atoms with van der Waals surface area (Å²) in [6.07, 6.45) is 0.408. The molecule has 2 nitrogen and oxygen atoms in total. The van der Waals surface area contributed by atoms with Crippen molar-refractivity contribution in [3.8, 4) is 0 Å². The molecule has 0 fully saturated rings. The summed E-state index contributed by atoms with van der Waals surface area (Å²) in [7, 11) is 0. The van der Waals surface area contributed by atoms with Crippen molar-refractivity contribution >= 4 is 40.0 Å². The van der Waals surface area contributed by atoms with Crippen molar-refractivity contribution in [3.05, 3.63) is 34.0 Å². The van der Waals surface area contributed by atoms with Crippen LogP contribution in [0.5, 0.6) is 0 Å². The first kappa shape index (κ1) is 10.5. The first-order chi connectivity index (χ1) is 7.11. The second-order valence-corrected chi connectivity index (χ2v) is 4.03. The number of fused-ring (bicyclic) bond motifs is 1. The zero-order chi connectivity index (χ0) is 11.0. The van der Waals surface area contributed by atoms with Crippen LogP contribution in [-0.4, -0.2) is 5.78 Å². The minimum absolute atomic E-state index is 0.0432. The largest absolute Gasteiger partial charge is 0.453 e. The molecule has 1 heterocycles. The van der Waals surface area contributed by atoms with Crippen molar-refractivity contribution in [3.63, 3.8) is 0 Å². The topological polar surface area (TPSA) is 30.2 Å². The molecule has 78 valence electrons. The molecule has 0 aliphatic carbocycles. The van der Waals surface area contributed by atoms with Crippen molar-refractivity contribution in [1.29, 1.82) is 0 Å². The number of carbonyl (C=O) groups excluding carboxylic acids is 1. The van der Waals surface area contributed by atoms with Crippen LogP contribution < -0.4 is 0 Å². The lowest BCUT2D eigenvalue weighted by Gasteiger charge is -1.92. The van der Waals surface area contributed by atoms with E-state index in [0.717, 1.165) is 5.39 Å². The highest BCUT2D eigenvalue weighted by atomic mass is 35.5. The van der Waals surface area contributed by atoms with E-state index in [0.29, 0.717) is 27.8 Å². The van der Waals surface area contributed by atoms with E-state index in [9.17, 15) is 4.79 Å². The molecule has 0 N–H and O–H groups in total. The van der Waals surface area contributed by atoms with E-state index in [-0.39, 0.29) is 5.78 Å². The van der Waals surface area contributed by atoms with Gasteiger partial charge >= 0.3 is 0 Å². The number of benzene rings is 1. The fourth-order valence-corrected chi connectivity index (χ4v) is 1.91. The summed E-state index contributed by atoms with van der Waals surface area (Å²) in [5, 5.41) is 1.71. The molecule has 1 aromatic heterocycles. The second kappa shape index (κ2) is 3.87. The quantitative estimate of drug-likeness (QED) is 0.734. The average Bonchev–Trinajstić information content (AvgIpc) is 2.60. The molecule has 15 heavy (non-hydrogen) atoms. The van der Waals surface area contributed by atoms with Crippen molar-refractivity contribution in [2.45, 2.75) is 13.3 Å². The fourth-order valence-electron chi connectivity index (χ4n) is 1.38. The Bertz CT molecular complexity index is 529. The number of hydrogen-bond acceptors (Lipinski definition) is 2. The number of halogens is 2. The highest BCUT2D eigenvalue weighted by molar-refractivity contribution is 6.38. The van der Waals surface area contributed by atoms with Gasteiger partial charge in [0.05, 0.1) is 5.02 Å². The molecule has 0 spiro atoms. The zero-order valence-corrected chi connectivity index (χ0v) is 9.52. The highest BCUT2D eigenvalue weighted by Crippen LogP contribution is 2.30. The van der Waals surface area contributed by atoms with Gasteiger partial charge in [0.25, 0.3) is 0 Å². The molecule has 4 heteroatoms. The van der Waals surface area contributed by atoms with Crippen molar-refractivity contribution in [2.75, 3.05) is 0 Å². The Morgan fingerprint density at radius 3 is 2.73 bits per heavy atom. The van der Waals surface area contributed by atoms with Gasteiger partial charge < -0.3 is 4.42 Å². The monoisotopic (exact) mass is 242 g/mol. The van der Waals surface area contributed by atoms with Crippen LogP contribution in [0.2, 0.25) is 10.0 Å². The Kier molecular flexibility index (Phi) is 2.72. The van der Waals surface area contributed by atoms with Crippen LogP contribution in [0.1, 0.15) is 23.9 Å². The van der Waals surface area contributed by atoms with Gasteiger partial charge in [-0.2, -0.15) is 0 Å². The van der Waals surface area contributed by atoms with Crippen molar-refractivity contribution in [2.24, 2.45) is 0 Å². The van der Waals surface area contributed by atoms with Crippen LogP contribution in [-0.2, 0) is 0 Å². The first-order valence-corrected chi connectivity index (χ1v) is 5.29. The van der Waals surface area contributed by atoms with E-state index in [4.69, 9.17) is 27.6 Å². The lowest BCUT2D eigenvalue weighted by atomic mass is 10.2. The maximum absolute atomic E-state index is 11.4. The molecule has 0 bridgehead atoms. The minimum atomic E-state index is -0.0432. The van der Waals surface area contributed by atoms with Gasteiger partial charge in [-0.1, -0.05) is 30.1 Å². The molecule has 0 aliphatic rings. The normalized spacial score (nSPS) is 10.9. The van der Waals surface area contributed by atoms with Gasteiger partial charge in [0, 0.05) is 22.9 Å². The maximum Gasteiger partial charge on any atom is 0.197 e. The maximum atomic E-state index is 11.4. The van der Waals surface area contributed by atoms with E-state index >= 15 is 0 Å². The highest BCUT2D eigenvalue weighted by Gasteiger charge is 2.12. The number of carbonyl (C=O) groups is 1. The third-order valence-corrected chi connectivity index (χ3v) is 2.68. The van der Waals surface area contributed by atoms with Crippen LogP contribution >= 0.6 is 23.2 Å². The Morgan fingerprint density at radius 2 is 2.07 bits per heavy atom. The van der Waals surface area contributed by atoms with E-state index in [1.54, 1.807) is 25.1 Å². The number of Topliss-reactive ketones (excluding diaryl/α,β-unsaturated/α-hetero) is 1. The summed E-state index contributed by atoms with van der Waals surface area (Å²) in [5.41, 5.74) is 0.546. The summed E-state index contributed by atoms with van der Waals surface area (Å²) >= 11 is 11.8. The Morgan fingerprint density at radius 1 is 1.33 bits per heavy atom. The molecule has 1 aromatic carbocycles. The molecule has 0 saturated carbocycles. The Labute approximate surface area is 96.8 Å². The summed E-state index contributed by atoms with van der Waals surface area (Å²) < 4.78 is 5.36. The third-order valence-electron chi connectivity index (χ3n) is 2.15. The molecule has 0 aliphatic heterocycles. The summed E-state index contributed by atoms with van der Waals surface area (Å²) in [6, 6.07) is 4.93. The van der Waals surface area contributed by atoms with Crippen LogP contribution in [0.4, 0.5) is 0 Å². The molecule has 0 amide bonds. The molecular formula is C11H8Cl2O2. The first-order valence-electron chi connectivity index (χ1n) is 4.53. The molecule has 2 aromatic rings. The summed E-state index contributed by atoms with van der Waals surface area (Å²) in [5.74, 6) is 0.287. The van der Waals surface area contributed by atoms with Gasteiger partial charge in [-0.15, -0.1) is 0 Å². The number of furan rings is 1. The van der Waals surface area contributed by atoms with Gasteiger partial charge in [0.15, 0.2) is 11.5 Å². The molecule has 0 radical (unpaired) electrons.